The minimum Gasteiger partial charge on any atom is -0.394 e. The molecule has 4 aliphatic rings. The second kappa shape index (κ2) is 10.2. The third kappa shape index (κ3) is 4.30. The number of thioether (sulfide) groups is 1. The Morgan fingerprint density at radius 2 is 1.79 bits per heavy atom. The number of carbonyl (C=O) groups is 3. The van der Waals surface area contributed by atoms with Crippen LogP contribution in [-0.2, 0) is 20.8 Å². The molecule has 0 aromatic heterocycles. The van der Waals surface area contributed by atoms with Crippen LogP contribution in [0, 0.1) is 11.8 Å². The smallest absolute Gasteiger partial charge is 0.247 e. The number of hydrogen-bond donors (Lipinski definition) is 1. The van der Waals surface area contributed by atoms with Crippen LogP contribution >= 0.6 is 11.8 Å². The van der Waals surface area contributed by atoms with Crippen LogP contribution in [0.3, 0.4) is 0 Å². The largest absolute Gasteiger partial charge is 0.394 e. The van der Waals surface area contributed by atoms with Crippen molar-refractivity contribution in [1.29, 1.82) is 0 Å². The molecule has 8 heteroatoms. The number of rotatable bonds is 6. The average Bonchev–Trinajstić information content (AvgIpc) is 3.20. The van der Waals surface area contributed by atoms with Crippen LogP contribution in [0.1, 0.15) is 39.7 Å². The van der Waals surface area contributed by atoms with Crippen molar-refractivity contribution in [3.8, 4) is 0 Å². The number of aliphatic hydroxyl groups is 1. The first kappa shape index (κ1) is 27.0. The maximum absolute atomic E-state index is 14.5. The molecule has 1 unspecified atom stereocenters. The highest BCUT2D eigenvalue weighted by Crippen LogP contribution is 2.61. The standard InChI is InChI=1S/C30H39N3O4S/c1-5-15-31-16-9-13-22-23(26(31)35)24-27(36)33(21(19-34)18-20-11-7-6-8-12-20)25-28(37)32(29(2,3)4)17-10-14-30(24,25)38-22/h6-14,21-25,34H,5,15-19H2,1-4H3/t21-,22+,23-,24+,25?,30+/m1/s1. The predicted molar refractivity (Wildman–Crippen MR) is 149 cm³/mol. The summed E-state index contributed by atoms with van der Waals surface area (Å²) in [6, 6.07) is 8.39. The quantitative estimate of drug-likeness (QED) is 0.565. The number of hydrogen-bond acceptors (Lipinski definition) is 5. The van der Waals surface area contributed by atoms with E-state index in [0.29, 0.717) is 26.1 Å². The van der Waals surface area contributed by atoms with Crippen molar-refractivity contribution in [2.75, 3.05) is 26.2 Å². The molecule has 0 aliphatic carbocycles. The first-order valence-electron chi connectivity index (χ1n) is 13.7. The molecule has 3 amide bonds. The molecule has 38 heavy (non-hydrogen) atoms. The average molecular weight is 538 g/mol. The van der Waals surface area contributed by atoms with Gasteiger partial charge in [0, 0.05) is 30.4 Å². The van der Waals surface area contributed by atoms with Crippen molar-refractivity contribution in [3.05, 3.63) is 60.2 Å². The summed E-state index contributed by atoms with van der Waals surface area (Å²) in [5.74, 6) is -1.52. The van der Waals surface area contributed by atoms with Crippen LogP contribution in [0.2, 0.25) is 0 Å². The monoisotopic (exact) mass is 537 g/mol. The summed E-state index contributed by atoms with van der Waals surface area (Å²) < 4.78 is -0.872. The van der Waals surface area contributed by atoms with Crippen LogP contribution in [0.5, 0.6) is 0 Å². The van der Waals surface area contributed by atoms with Gasteiger partial charge in [-0.25, -0.2) is 0 Å². The van der Waals surface area contributed by atoms with E-state index in [0.717, 1.165) is 12.0 Å². The molecule has 204 valence electrons. The van der Waals surface area contributed by atoms with E-state index in [1.807, 2.05) is 86.1 Å². The molecule has 6 atom stereocenters. The van der Waals surface area contributed by atoms with Gasteiger partial charge < -0.3 is 19.8 Å². The molecule has 0 bridgehead atoms. The fourth-order valence-electron chi connectivity index (χ4n) is 6.73. The van der Waals surface area contributed by atoms with E-state index in [2.05, 4.69) is 6.08 Å². The molecule has 0 radical (unpaired) electrons. The van der Waals surface area contributed by atoms with Gasteiger partial charge in [-0.2, -0.15) is 0 Å². The van der Waals surface area contributed by atoms with E-state index < -0.39 is 34.2 Å². The third-order valence-corrected chi connectivity index (χ3v) is 10.1. The van der Waals surface area contributed by atoms with Crippen molar-refractivity contribution in [2.45, 2.75) is 68.2 Å². The topological polar surface area (TPSA) is 81.2 Å². The Morgan fingerprint density at radius 1 is 1.05 bits per heavy atom. The van der Waals surface area contributed by atoms with Gasteiger partial charge >= 0.3 is 0 Å². The summed E-state index contributed by atoms with van der Waals surface area (Å²) >= 11 is 1.59. The lowest BCUT2D eigenvalue weighted by Crippen LogP contribution is -2.59. The van der Waals surface area contributed by atoms with Gasteiger partial charge in [0.1, 0.15) is 6.04 Å². The fourth-order valence-corrected chi connectivity index (χ4v) is 8.73. The first-order valence-corrected chi connectivity index (χ1v) is 14.6. The summed E-state index contributed by atoms with van der Waals surface area (Å²) in [7, 11) is 0. The molecule has 4 aliphatic heterocycles. The molecule has 1 spiro atoms. The van der Waals surface area contributed by atoms with Crippen molar-refractivity contribution < 1.29 is 19.5 Å². The normalized spacial score (nSPS) is 31.7. The highest BCUT2D eigenvalue weighted by Gasteiger charge is 2.72. The van der Waals surface area contributed by atoms with E-state index in [1.54, 1.807) is 16.7 Å². The second-order valence-electron chi connectivity index (χ2n) is 11.8. The van der Waals surface area contributed by atoms with Gasteiger partial charge in [0.25, 0.3) is 0 Å². The minimum atomic E-state index is -0.872. The Balaban J connectivity index is 1.63. The third-order valence-electron chi connectivity index (χ3n) is 8.40. The Kier molecular flexibility index (Phi) is 7.24. The number of nitrogens with zero attached hydrogens (tertiary/aromatic N) is 3. The molecule has 1 aromatic rings. The van der Waals surface area contributed by atoms with Crippen LogP contribution in [0.25, 0.3) is 0 Å². The summed E-state index contributed by atoms with van der Waals surface area (Å²) in [6.07, 6.45) is 9.44. The molecule has 0 saturated carbocycles. The number of amides is 3. The zero-order valence-electron chi connectivity index (χ0n) is 22.7. The lowest BCUT2D eigenvalue weighted by molar-refractivity contribution is -0.148. The maximum atomic E-state index is 14.5. The van der Waals surface area contributed by atoms with Crippen molar-refractivity contribution >= 4 is 29.5 Å². The molecule has 2 fully saturated rings. The molecular weight excluding hydrogens is 498 g/mol. The zero-order valence-corrected chi connectivity index (χ0v) is 23.6. The molecule has 1 N–H and O–H groups in total. The number of likely N-dealkylation sites (tertiary alicyclic amines) is 1. The lowest BCUT2D eigenvalue weighted by atomic mass is 9.78. The van der Waals surface area contributed by atoms with Crippen LogP contribution in [-0.4, -0.2) is 91.4 Å². The fraction of sp³-hybridized carbons (Fsp3) is 0.567. The van der Waals surface area contributed by atoms with Crippen molar-refractivity contribution in [1.82, 2.24) is 14.7 Å². The lowest BCUT2D eigenvalue weighted by Gasteiger charge is -2.42. The van der Waals surface area contributed by atoms with Gasteiger partial charge in [-0.3, -0.25) is 14.4 Å². The van der Waals surface area contributed by atoms with Crippen LogP contribution < -0.4 is 0 Å². The van der Waals surface area contributed by atoms with E-state index in [-0.39, 0.29) is 29.6 Å². The van der Waals surface area contributed by atoms with Gasteiger partial charge in [-0.15, -0.1) is 11.8 Å². The molecular formula is C30H39N3O4S. The van der Waals surface area contributed by atoms with Gasteiger partial charge in [0.2, 0.25) is 17.7 Å². The SMILES string of the molecule is CCCN1CC=C[C@@H]2S[C@]34C=CCN(C(C)(C)C)C(=O)C3N([C@@H](CO)Cc3ccccc3)C(=O)[C@@H]4[C@@H]2C1=O. The number of aliphatic hydroxyl groups excluding tert-OH is 1. The van der Waals surface area contributed by atoms with Gasteiger partial charge in [-0.1, -0.05) is 61.6 Å². The molecule has 4 heterocycles. The predicted octanol–water partition coefficient (Wildman–Crippen LogP) is 2.89. The highest BCUT2D eigenvalue weighted by molar-refractivity contribution is 8.02. The van der Waals surface area contributed by atoms with E-state index in [1.165, 1.54) is 0 Å². The number of benzene rings is 1. The molecule has 5 rings (SSSR count). The summed E-state index contributed by atoms with van der Waals surface area (Å²) in [4.78, 5) is 48.3. The maximum Gasteiger partial charge on any atom is 0.247 e. The van der Waals surface area contributed by atoms with Gasteiger partial charge in [0.15, 0.2) is 0 Å². The Bertz CT molecular complexity index is 1150. The minimum absolute atomic E-state index is 0.00782. The first-order chi connectivity index (χ1) is 18.1. The van der Waals surface area contributed by atoms with Crippen molar-refractivity contribution in [2.24, 2.45) is 11.8 Å². The second-order valence-corrected chi connectivity index (χ2v) is 13.3. The summed E-state index contributed by atoms with van der Waals surface area (Å²) in [6.45, 7) is 9.42. The Labute approximate surface area is 229 Å². The van der Waals surface area contributed by atoms with E-state index in [4.69, 9.17) is 0 Å². The molecule has 2 saturated heterocycles. The van der Waals surface area contributed by atoms with E-state index >= 15 is 0 Å². The number of carbonyl (C=O) groups excluding carboxylic acids is 3. The summed E-state index contributed by atoms with van der Waals surface area (Å²) in [5, 5.41) is 10.4. The van der Waals surface area contributed by atoms with Crippen LogP contribution in [0.15, 0.2) is 54.6 Å². The van der Waals surface area contributed by atoms with Crippen LogP contribution in [0.4, 0.5) is 0 Å². The Hall–Kier alpha value is -2.58. The van der Waals surface area contributed by atoms with E-state index in [9.17, 15) is 19.5 Å². The number of fused-ring (bicyclic) bond motifs is 2. The van der Waals surface area contributed by atoms with Gasteiger partial charge in [0.05, 0.1) is 29.2 Å². The Morgan fingerprint density at radius 3 is 2.45 bits per heavy atom. The van der Waals surface area contributed by atoms with Gasteiger partial charge in [-0.05, 0) is 39.2 Å². The highest BCUT2D eigenvalue weighted by atomic mass is 32.2. The van der Waals surface area contributed by atoms with Crippen molar-refractivity contribution in [3.63, 3.8) is 0 Å². The molecule has 7 nitrogen and oxygen atoms in total. The molecule has 1 aromatic carbocycles. The zero-order chi connectivity index (χ0) is 27.2. The summed E-state index contributed by atoms with van der Waals surface area (Å²) in [5.41, 5.74) is 0.539.